The predicted molar refractivity (Wildman–Crippen MR) is 114 cm³/mol. The van der Waals surface area contributed by atoms with Crippen LogP contribution in [-0.4, -0.2) is 18.3 Å². The van der Waals surface area contributed by atoms with Crippen molar-refractivity contribution >= 4 is 23.3 Å². The molecule has 0 bridgehead atoms. The maximum atomic E-state index is 12.2. The number of aliphatic imine (C=N–C) groups is 1. The van der Waals surface area contributed by atoms with E-state index >= 15 is 0 Å². The fourth-order valence-electron chi connectivity index (χ4n) is 2.96. The van der Waals surface area contributed by atoms with E-state index in [-0.39, 0.29) is 18.4 Å². The molecule has 0 amide bonds. The molecule has 0 heterocycles. The van der Waals surface area contributed by atoms with Crippen LogP contribution in [0.25, 0.3) is 0 Å². The molecule has 1 atom stereocenters. The lowest BCUT2D eigenvalue weighted by Gasteiger charge is -2.16. The van der Waals surface area contributed by atoms with Crippen LogP contribution in [0.3, 0.4) is 0 Å². The summed E-state index contributed by atoms with van der Waals surface area (Å²) in [5.41, 5.74) is 3.75. The van der Waals surface area contributed by atoms with Crippen molar-refractivity contribution < 1.29 is 9.53 Å². The third-order valence-electron chi connectivity index (χ3n) is 4.30. The molecule has 0 aliphatic rings. The molecule has 0 fully saturated rings. The molecule has 0 aliphatic carbocycles. The Labute approximate surface area is 170 Å². The van der Waals surface area contributed by atoms with Crippen molar-refractivity contribution in [2.75, 3.05) is 6.61 Å². The Hall–Kier alpha value is -2.91. The Morgan fingerprint density at radius 3 is 1.93 bits per heavy atom. The fourth-order valence-corrected chi connectivity index (χ4v) is 3.09. The molecule has 0 saturated carbocycles. The second-order valence-electron chi connectivity index (χ2n) is 6.29. The van der Waals surface area contributed by atoms with Gasteiger partial charge in [0.05, 0.1) is 24.8 Å². The molecule has 4 heteroatoms. The van der Waals surface area contributed by atoms with Crippen LogP contribution in [-0.2, 0) is 9.53 Å². The minimum atomic E-state index is -0.369. The van der Waals surface area contributed by atoms with Crippen LogP contribution in [0.4, 0.5) is 0 Å². The highest BCUT2D eigenvalue weighted by Crippen LogP contribution is 2.26. The van der Waals surface area contributed by atoms with E-state index in [1.807, 2.05) is 84.9 Å². The molecular formula is C24H22ClNO2. The summed E-state index contributed by atoms with van der Waals surface area (Å²) in [6.45, 7) is 2.15. The van der Waals surface area contributed by atoms with E-state index in [4.69, 9.17) is 21.3 Å². The zero-order valence-electron chi connectivity index (χ0n) is 15.7. The summed E-state index contributed by atoms with van der Waals surface area (Å²) in [6.07, 6.45) is 0.165. The highest BCUT2D eigenvalue weighted by Gasteiger charge is 2.18. The van der Waals surface area contributed by atoms with E-state index < -0.39 is 0 Å². The molecule has 0 saturated heterocycles. The molecule has 0 aromatic heterocycles. The minimum absolute atomic E-state index is 0.165. The first kappa shape index (κ1) is 19.8. The molecule has 0 aliphatic heterocycles. The monoisotopic (exact) mass is 391 g/mol. The molecule has 0 radical (unpaired) electrons. The molecule has 3 aromatic rings. The van der Waals surface area contributed by atoms with Crippen molar-refractivity contribution in [2.45, 2.75) is 19.4 Å². The number of rotatable bonds is 7. The molecular weight excluding hydrogens is 370 g/mol. The Bertz CT molecular complexity index is 880. The number of ether oxygens (including phenoxy) is 1. The van der Waals surface area contributed by atoms with E-state index in [1.165, 1.54) is 0 Å². The van der Waals surface area contributed by atoms with Crippen molar-refractivity contribution in [1.82, 2.24) is 0 Å². The quantitative estimate of drug-likeness (QED) is 0.373. The fraction of sp³-hybridized carbons (Fsp3) is 0.167. The number of hydrogen-bond acceptors (Lipinski definition) is 3. The van der Waals surface area contributed by atoms with E-state index in [1.54, 1.807) is 6.92 Å². The first-order valence-electron chi connectivity index (χ1n) is 9.27. The maximum Gasteiger partial charge on any atom is 0.308 e. The van der Waals surface area contributed by atoms with Gasteiger partial charge in [-0.15, -0.1) is 0 Å². The average molecular weight is 392 g/mol. The van der Waals surface area contributed by atoms with Gasteiger partial charge in [0.15, 0.2) is 0 Å². The molecule has 3 nitrogen and oxygen atoms in total. The third kappa shape index (κ3) is 5.30. The van der Waals surface area contributed by atoms with E-state index in [0.29, 0.717) is 11.6 Å². The lowest BCUT2D eigenvalue weighted by atomic mass is 9.99. The van der Waals surface area contributed by atoms with Gasteiger partial charge in [-0.25, -0.2) is 0 Å². The summed E-state index contributed by atoms with van der Waals surface area (Å²) in [7, 11) is 0. The van der Waals surface area contributed by atoms with Crippen molar-refractivity contribution in [1.29, 1.82) is 0 Å². The second kappa shape index (κ2) is 9.86. The second-order valence-corrected chi connectivity index (χ2v) is 6.72. The van der Waals surface area contributed by atoms with Gasteiger partial charge < -0.3 is 4.74 Å². The highest BCUT2D eigenvalue weighted by molar-refractivity contribution is 6.30. The van der Waals surface area contributed by atoms with E-state index in [9.17, 15) is 4.79 Å². The molecule has 0 spiro atoms. The Kier molecular flexibility index (Phi) is 6.99. The topological polar surface area (TPSA) is 38.7 Å². The predicted octanol–water partition coefficient (Wildman–Crippen LogP) is 5.87. The first-order valence-corrected chi connectivity index (χ1v) is 9.65. The standard InChI is InChI=1S/C24H22ClNO2/c1-2-28-23(27)17-22(18-13-15-21(25)16-14-18)26-24(19-9-5-3-6-10-19)20-11-7-4-8-12-20/h3-16,22H,2,17H2,1H3. The van der Waals surface area contributed by atoms with E-state index in [2.05, 4.69) is 0 Å². The number of nitrogens with zero attached hydrogens (tertiary/aromatic N) is 1. The summed E-state index contributed by atoms with van der Waals surface area (Å²) >= 11 is 6.04. The van der Waals surface area contributed by atoms with Crippen LogP contribution in [0.5, 0.6) is 0 Å². The smallest absolute Gasteiger partial charge is 0.308 e. The normalized spacial score (nSPS) is 11.5. The lowest BCUT2D eigenvalue weighted by molar-refractivity contribution is -0.143. The number of carbonyl (C=O) groups excluding carboxylic acids is 1. The number of halogens is 1. The van der Waals surface area contributed by atoms with Gasteiger partial charge in [-0.3, -0.25) is 9.79 Å². The van der Waals surface area contributed by atoms with Crippen molar-refractivity contribution in [3.8, 4) is 0 Å². The van der Waals surface area contributed by atoms with Gasteiger partial charge >= 0.3 is 5.97 Å². The maximum absolute atomic E-state index is 12.2. The number of carbonyl (C=O) groups is 1. The number of benzene rings is 3. The molecule has 142 valence electrons. The highest BCUT2D eigenvalue weighted by atomic mass is 35.5. The third-order valence-corrected chi connectivity index (χ3v) is 4.55. The zero-order valence-corrected chi connectivity index (χ0v) is 16.5. The lowest BCUT2D eigenvalue weighted by Crippen LogP contribution is -2.12. The van der Waals surface area contributed by atoms with Crippen LogP contribution in [0, 0.1) is 0 Å². The van der Waals surface area contributed by atoms with Gasteiger partial charge in [-0.05, 0) is 24.6 Å². The number of hydrogen-bond donors (Lipinski definition) is 0. The van der Waals surface area contributed by atoms with Crippen molar-refractivity contribution in [3.05, 3.63) is 107 Å². The molecule has 3 aromatic carbocycles. The first-order chi connectivity index (χ1) is 13.7. The summed E-state index contributed by atoms with van der Waals surface area (Å²) in [4.78, 5) is 17.2. The van der Waals surface area contributed by atoms with Gasteiger partial charge in [-0.2, -0.15) is 0 Å². The molecule has 1 unspecified atom stereocenters. The SMILES string of the molecule is CCOC(=O)CC(N=C(c1ccccc1)c1ccccc1)c1ccc(Cl)cc1. The minimum Gasteiger partial charge on any atom is -0.466 e. The van der Waals surface area contributed by atoms with Crippen molar-refractivity contribution in [3.63, 3.8) is 0 Å². The zero-order chi connectivity index (χ0) is 19.8. The van der Waals surface area contributed by atoms with Crippen molar-refractivity contribution in [2.24, 2.45) is 4.99 Å². The summed E-state index contributed by atoms with van der Waals surface area (Å²) < 4.78 is 5.18. The van der Waals surface area contributed by atoms with Crippen LogP contribution in [0.2, 0.25) is 5.02 Å². The van der Waals surface area contributed by atoms with Crippen LogP contribution in [0.15, 0.2) is 89.9 Å². The van der Waals surface area contributed by atoms with Gasteiger partial charge in [0, 0.05) is 16.1 Å². The van der Waals surface area contributed by atoms with Crippen LogP contribution < -0.4 is 0 Å². The van der Waals surface area contributed by atoms with Gasteiger partial charge in [0.25, 0.3) is 0 Å². The molecule has 0 N–H and O–H groups in total. The van der Waals surface area contributed by atoms with Crippen LogP contribution >= 0.6 is 11.6 Å². The Morgan fingerprint density at radius 2 is 1.43 bits per heavy atom. The molecule has 3 rings (SSSR count). The van der Waals surface area contributed by atoms with Gasteiger partial charge in [0.2, 0.25) is 0 Å². The Morgan fingerprint density at radius 1 is 0.893 bits per heavy atom. The number of esters is 1. The summed E-state index contributed by atoms with van der Waals surface area (Å²) in [6, 6.07) is 27.0. The Balaban J connectivity index is 2.07. The average Bonchev–Trinajstić information content (AvgIpc) is 2.73. The van der Waals surface area contributed by atoms with E-state index in [0.717, 1.165) is 22.4 Å². The summed E-state index contributed by atoms with van der Waals surface area (Å²) in [5.74, 6) is -0.272. The van der Waals surface area contributed by atoms with Gasteiger partial charge in [0.1, 0.15) is 0 Å². The van der Waals surface area contributed by atoms with Gasteiger partial charge in [-0.1, -0.05) is 84.4 Å². The molecule has 28 heavy (non-hydrogen) atoms. The largest absolute Gasteiger partial charge is 0.466 e. The van der Waals surface area contributed by atoms with Crippen LogP contribution in [0.1, 0.15) is 36.1 Å². The summed E-state index contributed by atoms with van der Waals surface area (Å²) in [5, 5.41) is 0.647.